The van der Waals surface area contributed by atoms with Crippen LogP contribution in [0.1, 0.15) is 5.56 Å². The van der Waals surface area contributed by atoms with Gasteiger partial charge in [0.1, 0.15) is 0 Å². The first-order chi connectivity index (χ1) is 5.43. The zero-order valence-electron chi connectivity index (χ0n) is 5.62. The second-order valence-electron chi connectivity index (χ2n) is 2.10. The van der Waals surface area contributed by atoms with Gasteiger partial charge in [-0.1, -0.05) is 29.3 Å². The first kappa shape index (κ1) is 9.68. The van der Waals surface area contributed by atoms with Crippen LogP contribution in [0.15, 0.2) is 18.2 Å². The van der Waals surface area contributed by atoms with E-state index in [0.717, 1.165) is 6.07 Å². The zero-order chi connectivity index (χ0) is 9.35. The first-order valence-corrected chi connectivity index (χ1v) is 3.69. The first-order valence-electron chi connectivity index (χ1n) is 2.94. The molecular weight excluding hydrogens is 212 g/mol. The third kappa shape index (κ3) is 1.84. The molecule has 1 aromatic rings. The van der Waals surface area contributed by atoms with Crippen LogP contribution < -0.4 is 0 Å². The third-order valence-corrected chi connectivity index (χ3v) is 2.08. The Kier molecular flexibility index (Phi) is 2.54. The van der Waals surface area contributed by atoms with E-state index in [-0.39, 0.29) is 5.02 Å². The van der Waals surface area contributed by atoms with Gasteiger partial charge in [-0.25, -0.2) is 0 Å². The Morgan fingerprint density at radius 1 is 1.08 bits per heavy atom. The summed E-state index contributed by atoms with van der Waals surface area (Å²) in [4.78, 5) is 0. The fourth-order valence-electron chi connectivity index (χ4n) is 0.723. The molecule has 0 spiro atoms. The number of alkyl halides is 3. The molecule has 0 fully saturated rings. The highest BCUT2D eigenvalue weighted by Gasteiger charge is 2.33. The molecule has 0 nitrogen and oxygen atoms in total. The van der Waals surface area contributed by atoms with Crippen molar-refractivity contribution in [1.82, 2.24) is 0 Å². The number of halogens is 5. The molecule has 0 N–H and O–H groups in total. The molecule has 12 heavy (non-hydrogen) atoms. The van der Waals surface area contributed by atoms with Crippen molar-refractivity contribution in [3.63, 3.8) is 0 Å². The summed E-state index contributed by atoms with van der Waals surface area (Å²) in [5.41, 5.74) is -0.906. The van der Waals surface area contributed by atoms with Gasteiger partial charge in [-0.05, 0) is 12.1 Å². The zero-order valence-corrected chi connectivity index (χ0v) is 7.13. The standard InChI is InChI=1S/C7H3Cl2F3/c8-5-3-1-2-4(6(5)9)7(10,11)12/h1-3H. The molecule has 0 aliphatic rings. The van der Waals surface area contributed by atoms with E-state index in [4.69, 9.17) is 23.2 Å². The van der Waals surface area contributed by atoms with Crippen LogP contribution in [0.5, 0.6) is 0 Å². The predicted molar refractivity (Wildman–Crippen MR) is 41.5 cm³/mol. The van der Waals surface area contributed by atoms with Gasteiger partial charge in [0.2, 0.25) is 0 Å². The van der Waals surface area contributed by atoms with Gasteiger partial charge in [0.05, 0.1) is 15.6 Å². The topological polar surface area (TPSA) is 0 Å². The van der Waals surface area contributed by atoms with E-state index in [0.29, 0.717) is 0 Å². The molecule has 5 heteroatoms. The highest BCUT2D eigenvalue weighted by molar-refractivity contribution is 6.42. The summed E-state index contributed by atoms with van der Waals surface area (Å²) in [6.45, 7) is 0. The lowest BCUT2D eigenvalue weighted by Crippen LogP contribution is -2.05. The molecule has 0 unspecified atom stereocenters. The largest absolute Gasteiger partial charge is 0.417 e. The van der Waals surface area contributed by atoms with Gasteiger partial charge in [0.15, 0.2) is 0 Å². The van der Waals surface area contributed by atoms with Gasteiger partial charge < -0.3 is 0 Å². The summed E-state index contributed by atoms with van der Waals surface area (Å²) in [6, 6.07) is 3.39. The minimum Gasteiger partial charge on any atom is -0.166 e. The number of hydrogen-bond donors (Lipinski definition) is 0. The Hall–Kier alpha value is -0.410. The quantitative estimate of drug-likeness (QED) is 0.613. The second kappa shape index (κ2) is 3.15. The van der Waals surface area contributed by atoms with E-state index in [1.165, 1.54) is 12.1 Å². The van der Waals surface area contributed by atoms with E-state index in [1.54, 1.807) is 0 Å². The van der Waals surface area contributed by atoms with Crippen molar-refractivity contribution in [3.05, 3.63) is 33.8 Å². The molecule has 0 aliphatic heterocycles. The van der Waals surface area contributed by atoms with Gasteiger partial charge in [0, 0.05) is 0 Å². The summed E-state index contributed by atoms with van der Waals surface area (Å²) in [5, 5.41) is -0.543. The summed E-state index contributed by atoms with van der Waals surface area (Å²) in [6.07, 6.45) is -4.44. The van der Waals surface area contributed by atoms with Crippen molar-refractivity contribution in [2.45, 2.75) is 6.18 Å². The predicted octanol–water partition coefficient (Wildman–Crippen LogP) is 4.01. The summed E-state index contributed by atoms with van der Waals surface area (Å²) in [7, 11) is 0. The minimum absolute atomic E-state index is 0.0912. The maximum Gasteiger partial charge on any atom is 0.417 e. The lowest BCUT2D eigenvalue weighted by molar-refractivity contribution is -0.137. The van der Waals surface area contributed by atoms with Gasteiger partial charge in [0.25, 0.3) is 0 Å². The van der Waals surface area contributed by atoms with Crippen LogP contribution in [0.2, 0.25) is 10.0 Å². The van der Waals surface area contributed by atoms with Gasteiger partial charge in [-0.3, -0.25) is 0 Å². The van der Waals surface area contributed by atoms with Crippen molar-refractivity contribution in [1.29, 1.82) is 0 Å². The number of rotatable bonds is 0. The average Bonchev–Trinajstić information content (AvgIpc) is 1.92. The normalized spacial score (nSPS) is 11.8. The molecule has 1 aromatic carbocycles. The Morgan fingerprint density at radius 3 is 2.08 bits per heavy atom. The highest BCUT2D eigenvalue weighted by Crippen LogP contribution is 2.37. The van der Waals surface area contributed by atoms with Crippen LogP contribution in [-0.4, -0.2) is 0 Å². The smallest absolute Gasteiger partial charge is 0.166 e. The number of hydrogen-bond acceptors (Lipinski definition) is 0. The van der Waals surface area contributed by atoms with Crippen LogP contribution in [-0.2, 0) is 6.18 Å². The summed E-state index contributed by atoms with van der Waals surface area (Å²) in [5.74, 6) is 0. The highest BCUT2D eigenvalue weighted by atomic mass is 35.5. The Balaban J connectivity index is 3.26. The molecule has 0 heterocycles. The Bertz CT molecular complexity index is 293. The fraction of sp³-hybridized carbons (Fsp3) is 0.143. The van der Waals surface area contributed by atoms with Crippen molar-refractivity contribution < 1.29 is 13.2 Å². The molecule has 0 saturated heterocycles. The molecule has 0 bridgehead atoms. The van der Waals surface area contributed by atoms with Crippen LogP contribution in [0.3, 0.4) is 0 Å². The van der Waals surface area contributed by atoms with E-state index in [9.17, 15) is 13.2 Å². The lowest BCUT2D eigenvalue weighted by atomic mass is 10.2. The van der Waals surface area contributed by atoms with Gasteiger partial charge >= 0.3 is 6.18 Å². The van der Waals surface area contributed by atoms with Crippen molar-refractivity contribution in [2.24, 2.45) is 0 Å². The number of benzene rings is 1. The van der Waals surface area contributed by atoms with Gasteiger partial charge in [-0.2, -0.15) is 13.2 Å². The minimum atomic E-state index is -4.44. The summed E-state index contributed by atoms with van der Waals surface area (Å²) >= 11 is 10.7. The second-order valence-corrected chi connectivity index (χ2v) is 2.88. The summed E-state index contributed by atoms with van der Waals surface area (Å²) < 4.78 is 36.3. The van der Waals surface area contributed by atoms with Crippen LogP contribution in [0, 0.1) is 0 Å². The maximum atomic E-state index is 12.1. The molecule has 1 rings (SSSR count). The molecule has 0 aromatic heterocycles. The monoisotopic (exact) mass is 214 g/mol. The lowest BCUT2D eigenvalue weighted by Gasteiger charge is -2.08. The van der Waals surface area contributed by atoms with Crippen LogP contribution >= 0.6 is 23.2 Å². The average molecular weight is 215 g/mol. The maximum absolute atomic E-state index is 12.1. The Labute approximate surface area is 76.9 Å². The van der Waals surface area contributed by atoms with Crippen LogP contribution in [0.25, 0.3) is 0 Å². The van der Waals surface area contributed by atoms with E-state index in [2.05, 4.69) is 0 Å². The fourth-order valence-corrected chi connectivity index (χ4v) is 1.13. The SMILES string of the molecule is FC(F)(F)c1cccc(Cl)c1Cl. The van der Waals surface area contributed by atoms with Gasteiger partial charge in [-0.15, -0.1) is 0 Å². The van der Waals surface area contributed by atoms with E-state index >= 15 is 0 Å². The van der Waals surface area contributed by atoms with Crippen molar-refractivity contribution in [3.8, 4) is 0 Å². The molecule has 66 valence electrons. The van der Waals surface area contributed by atoms with Crippen molar-refractivity contribution >= 4 is 23.2 Å². The molecule has 0 saturated carbocycles. The van der Waals surface area contributed by atoms with E-state index in [1.807, 2.05) is 0 Å². The molecule has 0 amide bonds. The molecular formula is C7H3Cl2F3. The van der Waals surface area contributed by atoms with Crippen molar-refractivity contribution in [2.75, 3.05) is 0 Å². The molecule has 0 radical (unpaired) electrons. The third-order valence-electron chi connectivity index (χ3n) is 1.26. The van der Waals surface area contributed by atoms with Crippen LogP contribution in [0.4, 0.5) is 13.2 Å². The molecule has 0 aliphatic carbocycles. The molecule has 0 atom stereocenters. The Morgan fingerprint density at radius 2 is 1.67 bits per heavy atom. The van der Waals surface area contributed by atoms with E-state index < -0.39 is 16.8 Å².